The molecule has 2 fully saturated rings. The number of nitrogens with one attached hydrogen (secondary N) is 5. The second-order valence-corrected chi connectivity index (χ2v) is 8.92. The van der Waals surface area contributed by atoms with Gasteiger partial charge in [0.05, 0.1) is 11.0 Å². The van der Waals surface area contributed by atoms with Crippen LogP contribution >= 0.6 is 0 Å². The maximum absolute atomic E-state index is 12.5. The van der Waals surface area contributed by atoms with Gasteiger partial charge in [-0.1, -0.05) is 0 Å². The summed E-state index contributed by atoms with van der Waals surface area (Å²) in [5, 5.41) is 12.6. The second-order valence-electron chi connectivity index (χ2n) is 8.92. The van der Waals surface area contributed by atoms with E-state index < -0.39 is 0 Å². The van der Waals surface area contributed by atoms with Crippen LogP contribution in [-0.2, 0) is 9.59 Å². The molecule has 3 heterocycles. The van der Waals surface area contributed by atoms with Crippen LogP contribution in [0.5, 0.6) is 0 Å². The summed E-state index contributed by atoms with van der Waals surface area (Å²) >= 11 is 0. The van der Waals surface area contributed by atoms with Crippen LogP contribution in [-0.4, -0.2) is 48.0 Å². The molecule has 0 unspecified atom stereocenters. The molecular weight excluding hydrogens is 416 g/mol. The number of benzene rings is 2. The average molecular weight is 447 g/mol. The Morgan fingerprint density at radius 1 is 0.758 bits per heavy atom. The molecule has 0 atom stereocenters. The first-order chi connectivity index (χ1) is 16.2. The van der Waals surface area contributed by atoms with E-state index in [1.807, 2.05) is 42.5 Å². The van der Waals surface area contributed by atoms with E-state index in [1.54, 1.807) is 0 Å². The van der Waals surface area contributed by atoms with Gasteiger partial charge in [-0.05, 0) is 94.3 Å². The van der Waals surface area contributed by atoms with E-state index in [0.29, 0.717) is 0 Å². The molecule has 5 N–H and O–H groups in total. The molecule has 2 amide bonds. The van der Waals surface area contributed by atoms with E-state index in [-0.39, 0.29) is 23.7 Å². The molecule has 0 spiro atoms. The van der Waals surface area contributed by atoms with Crippen LogP contribution in [0.3, 0.4) is 0 Å². The van der Waals surface area contributed by atoms with Crippen molar-refractivity contribution >= 4 is 34.2 Å². The van der Waals surface area contributed by atoms with Gasteiger partial charge < -0.3 is 26.3 Å². The van der Waals surface area contributed by atoms with Crippen LogP contribution < -0.4 is 21.3 Å². The number of H-pyrrole nitrogens is 1. The summed E-state index contributed by atoms with van der Waals surface area (Å²) in [4.78, 5) is 33.0. The highest BCUT2D eigenvalue weighted by atomic mass is 16.2. The van der Waals surface area contributed by atoms with Gasteiger partial charge in [-0.2, -0.15) is 0 Å². The SMILES string of the molecule is O=C(Nc1ccc(-c2nc3ccc(NC(=O)C4CCNCC4)cc3[nH]2)cc1)C1CCNCC1. The van der Waals surface area contributed by atoms with Gasteiger partial charge >= 0.3 is 0 Å². The number of hydrogen-bond donors (Lipinski definition) is 5. The number of imidazole rings is 1. The number of aromatic amines is 1. The molecule has 1 aromatic heterocycles. The summed E-state index contributed by atoms with van der Waals surface area (Å²) in [5.41, 5.74) is 4.22. The molecule has 2 aliphatic rings. The number of carbonyl (C=O) groups is 2. The summed E-state index contributed by atoms with van der Waals surface area (Å²) < 4.78 is 0. The van der Waals surface area contributed by atoms with Gasteiger partial charge in [0.2, 0.25) is 11.8 Å². The van der Waals surface area contributed by atoms with Gasteiger partial charge in [0.1, 0.15) is 5.82 Å². The Kier molecular flexibility index (Phi) is 6.37. The van der Waals surface area contributed by atoms with Crippen LogP contribution in [0.25, 0.3) is 22.4 Å². The number of rotatable bonds is 5. The predicted molar refractivity (Wildman–Crippen MR) is 130 cm³/mol. The van der Waals surface area contributed by atoms with E-state index in [0.717, 1.165) is 85.7 Å². The van der Waals surface area contributed by atoms with Gasteiger partial charge in [0, 0.05) is 28.8 Å². The zero-order chi connectivity index (χ0) is 22.6. The maximum Gasteiger partial charge on any atom is 0.227 e. The molecule has 0 bridgehead atoms. The Morgan fingerprint density at radius 3 is 1.91 bits per heavy atom. The first kappa shape index (κ1) is 21.6. The summed E-state index contributed by atoms with van der Waals surface area (Å²) in [7, 11) is 0. The van der Waals surface area contributed by atoms with Crippen molar-refractivity contribution in [2.45, 2.75) is 25.7 Å². The van der Waals surface area contributed by atoms with Gasteiger partial charge in [-0.25, -0.2) is 4.98 Å². The lowest BCUT2D eigenvalue weighted by molar-refractivity contribution is -0.121. The fraction of sp³-hybridized carbons (Fsp3) is 0.400. The molecule has 2 aromatic carbocycles. The van der Waals surface area contributed by atoms with Crippen LogP contribution in [0.4, 0.5) is 11.4 Å². The summed E-state index contributed by atoms with van der Waals surface area (Å²) in [6.07, 6.45) is 3.50. The van der Waals surface area contributed by atoms with E-state index in [2.05, 4.69) is 31.2 Å². The minimum Gasteiger partial charge on any atom is -0.338 e. The number of nitrogens with zero attached hydrogens (tertiary/aromatic N) is 1. The maximum atomic E-state index is 12.5. The zero-order valence-corrected chi connectivity index (χ0v) is 18.6. The van der Waals surface area contributed by atoms with Crippen molar-refractivity contribution in [3.8, 4) is 11.4 Å². The molecule has 5 rings (SSSR count). The minimum atomic E-state index is 0.0630. The fourth-order valence-electron chi connectivity index (χ4n) is 4.59. The third-order valence-electron chi connectivity index (χ3n) is 6.60. The number of fused-ring (bicyclic) bond motifs is 1. The van der Waals surface area contributed by atoms with Crippen molar-refractivity contribution in [2.24, 2.45) is 11.8 Å². The molecule has 2 aliphatic heterocycles. The third kappa shape index (κ3) is 5.07. The van der Waals surface area contributed by atoms with Gasteiger partial charge in [-0.3, -0.25) is 9.59 Å². The van der Waals surface area contributed by atoms with Crippen LogP contribution in [0.15, 0.2) is 42.5 Å². The number of amides is 2. The number of carbonyl (C=O) groups excluding carboxylic acids is 2. The van der Waals surface area contributed by atoms with Crippen LogP contribution in [0.2, 0.25) is 0 Å². The number of anilines is 2. The van der Waals surface area contributed by atoms with E-state index in [9.17, 15) is 9.59 Å². The standard InChI is InChI=1S/C25H30N6O2/c32-24(17-7-11-26-12-8-17)28-19-3-1-16(2-4-19)23-30-21-6-5-20(15-22(21)31-23)29-25(33)18-9-13-27-14-10-18/h1-6,15,17-18,26-27H,7-14H2,(H,28,32)(H,29,33)(H,30,31). The lowest BCUT2D eigenvalue weighted by Crippen LogP contribution is -2.34. The topological polar surface area (TPSA) is 111 Å². The molecule has 0 radical (unpaired) electrons. The Morgan fingerprint density at radius 2 is 1.30 bits per heavy atom. The molecule has 0 aliphatic carbocycles. The Balaban J connectivity index is 1.25. The summed E-state index contributed by atoms with van der Waals surface area (Å²) in [6, 6.07) is 13.5. The van der Waals surface area contributed by atoms with Crippen molar-refractivity contribution in [1.29, 1.82) is 0 Å². The van der Waals surface area contributed by atoms with Crippen LogP contribution in [0.1, 0.15) is 25.7 Å². The first-order valence-electron chi connectivity index (χ1n) is 11.8. The van der Waals surface area contributed by atoms with E-state index in [1.165, 1.54) is 0 Å². The average Bonchev–Trinajstić information content (AvgIpc) is 3.29. The van der Waals surface area contributed by atoms with Crippen molar-refractivity contribution in [3.05, 3.63) is 42.5 Å². The predicted octanol–water partition coefficient (Wildman–Crippen LogP) is 3.11. The lowest BCUT2D eigenvalue weighted by Gasteiger charge is -2.21. The highest BCUT2D eigenvalue weighted by Gasteiger charge is 2.22. The molecule has 2 saturated heterocycles. The zero-order valence-electron chi connectivity index (χ0n) is 18.6. The quantitative estimate of drug-likeness (QED) is 0.414. The van der Waals surface area contributed by atoms with Crippen LogP contribution in [0, 0.1) is 11.8 Å². The number of hydrogen-bond acceptors (Lipinski definition) is 5. The van der Waals surface area contributed by atoms with E-state index in [4.69, 9.17) is 0 Å². The van der Waals surface area contributed by atoms with E-state index >= 15 is 0 Å². The largest absolute Gasteiger partial charge is 0.338 e. The molecule has 172 valence electrons. The third-order valence-corrected chi connectivity index (χ3v) is 6.60. The molecule has 3 aromatic rings. The smallest absolute Gasteiger partial charge is 0.227 e. The second kappa shape index (κ2) is 9.72. The monoisotopic (exact) mass is 446 g/mol. The lowest BCUT2D eigenvalue weighted by atomic mass is 9.97. The number of piperidine rings is 2. The Bertz CT molecular complexity index is 1130. The van der Waals surface area contributed by atoms with Crippen molar-refractivity contribution in [3.63, 3.8) is 0 Å². The minimum absolute atomic E-state index is 0.0630. The van der Waals surface area contributed by atoms with Crippen molar-refractivity contribution < 1.29 is 9.59 Å². The number of aromatic nitrogens is 2. The Labute approximate surface area is 192 Å². The molecular formula is C25H30N6O2. The highest BCUT2D eigenvalue weighted by molar-refractivity contribution is 5.95. The molecule has 8 nitrogen and oxygen atoms in total. The molecule has 33 heavy (non-hydrogen) atoms. The molecule has 8 heteroatoms. The van der Waals surface area contributed by atoms with Gasteiger partial charge in [-0.15, -0.1) is 0 Å². The normalized spacial score (nSPS) is 17.7. The van der Waals surface area contributed by atoms with Gasteiger partial charge in [0.25, 0.3) is 0 Å². The van der Waals surface area contributed by atoms with Gasteiger partial charge in [0.15, 0.2) is 0 Å². The van der Waals surface area contributed by atoms with Crippen molar-refractivity contribution in [2.75, 3.05) is 36.8 Å². The van der Waals surface area contributed by atoms with Crippen molar-refractivity contribution in [1.82, 2.24) is 20.6 Å². The Hall–Kier alpha value is -3.23. The highest BCUT2D eigenvalue weighted by Crippen LogP contribution is 2.25. The summed E-state index contributed by atoms with van der Waals surface area (Å²) in [6.45, 7) is 3.57. The summed E-state index contributed by atoms with van der Waals surface area (Å²) in [5.74, 6) is 1.06. The molecule has 0 saturated carbocycles. The fourth-order valence-corrected chi connectivity index (χ4v) is 4.59. The first-order valence-corrected chi connectivity index (χ1v) is 11.8.